The molecule has 2 heterocycles. The summed E-state index contributed by atoms with van der Waals surface area (Å²) in [7, 11) is 0. The summed E-state index contributed by atoms with van der Waals surface area (Å²) in [5, 5.41) is 0. The maximum absolute atomic E-state index is 6.23. The van der Waals surface area contributed by atoms with Crippen LogP contribution in [-0.2, 0) is 0 Å². The van der Waals surface area contributed by atoms with E-state index in [-0.39, 0.29) is 6.04 Å². The van der Waals surface area contributed by atoms with Gasteiger partial charge in [-0.2, -0.15) is 0 Å². The summed E-state index contributed by atoms with van der Waals surface area (Å²) in [6.07, 6.45) is 5.37. The minimum Gasteiger partial charge on any atom is -0.493 e. The van der Waals surface area contributed by atoms with Gasteiger partial charge in [0.2, 0.25) is 0 Å². The predicted octanol–water partition coefficient (Wildman–Crippen LogP) is 3.24. The SMILES string of the molecule is NC(CC1CCOc2ccccc21)c1ccoc1. The molecule has 2 unspecified atom stereocenters. The van der Waals surface area contributed by atoms with E-state index in [0.29, 0.717) is 5.92 Å². The van der Waals surface area contributed by atoms with Gasteiger partial charge in [0, 0.05) is 11.6 Å². The molecule has 1 aromatic carbocycles. The van der Waals surface area contributed by atoms with Crippen LogP contribution in [0.1, 0.15) is 35.9 Å². The van der Waals surface area contributed by atoms with Crippen LogP contribution in [0.5, 0.6) is 5.75 Å². The molecule has 18 heavy (non-hydrogen) atoms. The molecule has 0 aliphatic carbocycles. The van der Waals surface area contributed by atoms with Gasteiger partial charge in [0.05, 0.1) is 19.1 Å². The molecule has 0 bridgehead atoms. The lowest BCUT2D eigenvalue weighted by Gasteiger charge is -2.27. The smallest absolute Gasteiger partial charge is 0.122 e. The van der Waals surface area contributed by atoms with E-state index in [1.807, 2.05) is 18.2 Å². The maximum atomic E-state index is 6.23. The highest BCUT2D eigenvalue weighted by atomic mass is 16.5. The van der Waals surface area contributed by atoms with E-state index >= 15 is 0 Å². The van der Waals surface area contributed by atoms with Crippen LogP contribution in [0.4, 0.5) is 0 Å². The molecule has 0 spiro atoms. The Hall–Kier alpha value is -1.74. The lowest BCUT2D eigenvalue weighted by Crippen LogP contribution is -2.19. The van der Waals surface area contributed by atoms with Gasteiger partial charge in [0.1, 0.15) is 5.75 Å². The quantitative estimate of drug-likeness (QED) is 0.900. The predicted molar refractivity (Wildman–Crippen MR) is 69.5 cm³/mol. The Kier molecular flexibility index (Phi) is 3.07. The molecule has 2 N–H and O–H groups in total. The monoisotopic (exact) mass is 243 g/mol. The van der Waals surface area contributed by atoms with Crippen molar-refractivity contribution in [2.75, 3.05) is 6.61 Å². The third-order valence-corrected chi connectivity index (χ3v) is 3.59. The Morgan fingerprint density at radius 1 is 1.28 bits per heavy atom. The van der Waals surface area contributed by atoms with Crippen molar-refractivity contribution in [3.63, 3.8) is 0 Å². The van der Waals surface area contributed by atoms with E-state index < -0.39 is 0 Å². The molecule has 2 atom stereocenters. The number of rotatable bonds is 3. The minimum absolute atomic E-state index is 0.0277. The van der Waals surface area contributed by atoms with Gasteiger partial charge in [0.15, 0.2) is 0 Å². The molecular weight excluding hydrogens is 226 g/mol. The summed E-state index contributed by atoms with van der Waals surface area (Å²) in [5.74, 6) is 1.48. The number of furan rings is 1. The van der Waals surface area contributed by atoms with E-state index in [4.69, 9.17) is 14.9 Å². The van der Waals surface area contributed by atoms with Crippen LogP contribution in [0.25, 0.3) is 0 Å². The summed E-state index contributed by atoms with van der Waals surface area (Å²) < 4.78 is 10.8. The van der Waals surface area contributed by atoms with Crippen LogP contribution in [-0.4, -0.2) is 6.61 Å². The summed E-state index contributed by atoms with van der Waals surface area (Å²) >= 11 is 0. The summed E-state index contributed by atoms with van der Waals surface area (Å²) in [4.78, 5) is 0. The molecule has 2 aromatic rings. The van der Waals surface area contributed by atoms with Crippen molar-refractivity contribution in [2.24, 2.45) is 5.73 Å². The number of hydrogen-bond acceptors (Lipinski definition) is 3. The first-order valence-corrected chi connectivity index (χ1v) is 6.34. The second kappa shape index (κ2) is 4.86. The van der Waals surface area contributed by atoms with E-state index in [1.165, 1.54) is 5.56 Å². The molecule has 0 radical (unpaired) electrons. The lowest BCUT2D eigenvalue weighted by molar-refractivity contribution is 0.259. The van der Waals surface area contributed by atoms with Crippen molar-refractivity contribution < 1.29 is 9.15 Å². The van der Waals surface area contributed by atoms with Gasteiger partial charge in [-0.15, -0.1) is 0 Å². The van der Waals surface area contributed by atoms with E-state index in [9.17, 15) is 0 Å². The molecule has 1 aliphatic rings. The number of nitrogens with two attached hydrogens (primary N) is 1. The second-order valence-corrected chi connectivity index (χ2v) is 4.77. The average molecular weight is 243 g/mol. The molecule has 3 heteroatoms. The van der Waals surface area contributed by atoms with Gasteiger partial charge in [-0.25, -0.2) is 0 Å². The van der Waals surface area contributed by atoms with Crippen molar-refractivity contribution in [1.29, 1.82) is 0 Å². The normalized spacial score (nSPS) is 19.9. The van der Waals surface area contributed by atoms with Gasteiger partial charge in [-0.3, -0.25) is 0 Å². The van der Waals surface area contributed by atoms with Gasteiger partial charge >= 0.3 is 0 Å². The standard InChI is InChI=1S/C15H17NO2/c16-14(12-5-7-17-10-12)9-11-6-8-18-15-4-2-1-3-13(11)15/h1-5,7,10-11,14H,6,8-9,16H2. The number of ether oxygens (including phenoxy) is 1. The van der Waals surface area contributed by atoms with Gasteiger partial charge in [-0.05, 0) is 36.5 Å². The van der Waals surface area contributed by atoms with Crippen LogP contribution in [0.2, 0.25) is 0 Å². The fourth-order valence-corrected chi connectivity index (χ4v) is 2.59. The molecule has 1 aliphatic heterocycles. The van der Waals surface area contributed by atoms with Crippen molar-refractivity contribution in [1.82, 2.24) is 0 Å². The topological polar surface area (TPSA) is 48.4 Å². The molecule has 0 saturated carbocycles. The molecule has 0 fully saturated rings. The first-order valence-electron chi connectivity index (χ1n) is 6.34. The Morgan fingerprint density at radius 3 is 3.00 bits per heavy atom. The number of hydrogen-bond donors (Lipinski definition) is 1. The minimum atomic E-state index is 0.0277. The maximum Gasteiger partial charge on any atom is 0.122 e. The van der Waals surface area contributed by atoms with Crippen LogP contribution < -0.4 is 10.5 Å². The van der Waals surface area contributed by atoms with Crippen molar-refractivity contribution >= 4 is 0 Å². The molecule has 0 saturated heterocycles. The summed E-state index contributed by atoms with van der Waals surface area (Å²) in [6, 6.07) is 10.2. The Bertz CT molecular complexity index is 507. The molecule has 1 aromatic heterocycles. The zero-order chi connectivity index (χ0) is 12.4. The fraction of sp³-hybridized carbons (Fsp3) is 0.333. The van der Waals surface area contributed by atoms with E-state index in [2.05, 4.69) is 12.1 Å². The number of fused-ring (bicyclic) bond motifs is 1. The van der Waals surface area contributed by atoms with Gasteiger partial charge in [0.25, 0.3) is 0 Å². The molecule has 3 nitrogen and oxygen atoms in total. The largest absolute Gasteiger partial charge is 0.493 e. The highest BCUT2D eigenvalue weighted by Gasteiger charge is 2.23. The zero-order valence-corrected chi connectivity index (χ0v) is 10.2. The third kappa shape index (κ3) is 2.14. The first-order chi connectivity index (χ1) is 8.84. The number of para-hydroxylation sites is 1. The number of benzene rings is 1. The Morgan fingerprint density at radius 2 is 2.17 bits per heavy atom. The molecule has 94 valence electrons. The zero-order valence-electron chi connectivity index (χ0n) is 10.2. The van der Waals surface area contributed by atoms with E-state index in [1.54, 1.807) is 12.5 Å². The Balaban J connectivity index is 1.78. The van der Waals surface area contributed by atoms with Gasteiger partial charge < -0.3 is 14.9 Å². The Labute approximate surface area is 107 Å². The van der Waals surface area contributed by atoms with Crippen LogP contribution in [0.3, 0.4) is 0 Å². The molecule has 3 rings (SSSR count). The highest BCUT2D eigenvalue weighted by molar-refractivity contribution is 5.38. The fourth-order valence-electron chi connectivity index (χ4n) is 2.59. The molecular formula is C15H17NO2. The van der Waals surface area contributed by atoms with Gasteiger partial charge in [-0.1, -0.05) is 18.2 Å². The average Bonchev–Trinajstić information content (AvgIpc) is 2.93. The van der Waals surface area contributed by atoms with Crippen LogP contribution in [0, 0.1) is 0 Å². The molecule has 0 amide bonds. The van der Waals surface area contributed by atoms with Crippen molar-refractivity contribution in [3.8, 4) is 5.75 Å². The summed E-state index contributed by atoms with van der Waals surface area (Å²) in [6.45, 7) is 0.778. The lowest BCUT2D eigenvalue weighted by atomic mass is 9.86. The summed E-state index contributed by atoms with van der Waals surface area (Å²) in [5.41, 5.74) is 8.58. The van der Waals surface area contributed by atoms with Crippen LogP contribution >= 0.6 is 0 Å². The van der Waals surface area contributed by atoms with Crippen LogP contribution in [0.15, 0.2) is 47.3 Å². The van der Waals surface area contributed by atoms with Crippen molar-refractivity contribution in [2.45, 2.75) is 24.8 Å². The third-order valence-electron chi connectivity index (χ3n) is 3.59. The van der Waals surface area contributed by atoms with Crippen molar-refractivity contribution in [3.05, 3.63) is 54.0 Å². The van der Waals surface area contributed by atoms with E-state index in [0.717, 1.165) is 30.8 Å². The second-order valence-electron chi connectivity index (χ2n) is 4.77. The first kappa shape index (κ1) is 11.4. The highest BCUT2D eigenvalue weighted by Crippen LogP contribution is 2.38.